The van der Waals surface area contributed by atoms with Crippen molar-refractivity contribution in [3.63, 3.8) is 0 Å². The van der Waals surface area contributed by atoms with E-state index in [-0.39, 0.29) is 17.0 Å². The first-order chi connectivity index (χ1) is 10.4. The van der Waals surface area contributed by atoms with E-state index in [0.717, 1.165) is 21.5 Å². The highest BCUT2D eigenvalue weighted by Crippen LogP contribution is 2.37. The average molecular weight is 288 g/mol. The van der Waals surface area contributed by atoms with Gasteiger partial charge in [0.15, 0.2) is 0 Å². The maximum Gasteiger partial charge on any atom is 0.234 e. The van der Waals surface area contributed by atoms with Gasteiger partial charge in [-0.3, -0.25) is 9.59 Å². The molecule has 0 atom stereocenters. The summed E-state index contributed by atoms with van der Waals surface area (Å²) < 4.78 is 0. The molecule has 2 heteroatoms. The molecule has 1 aliphatic carbocycles. The summed E-state index contributed by atoms with van der Waals surface area (Å²) in [6, 6.07) is 13.8. The highest BCUT2D eigenvalue weighted by Gasteiger charge is 2.31. The molecule has 0 aromatic heterocycles. The van der Waals surface area contributed by atoms with Gasteiger partial charge in [0, 0.05) is 16.5 Å². The predicted molar refractivity (Wildman–Crippen MR) is 88.8 cm³/mol. The molecule has 0 amide bonds. The largest absolute Gasteiger partial charge is 0.285 e. The van der Waals surface area contributed by atoms with Crippen molar-refractivity contribution in [2.45, 2.75) is 26.2 Å². The zero-order chi connectivity index (χ0) is 15.6. The van der Waals surface area contributed by atoms with Crippen molar-refractivity contribution < 1.29 is 9.59 Å². The summed E-state index contributed by atoms with van der Waals surface area (Å²) in [7, 11) is 0. The minimum absolute atomic E-state index is 0.0468. The third kappa shape index (κ3) is 1.61. The quantitative estimate of drug-likeness (QED) is 0.445. The number of carbonyl (C=O) groups is 2. The number of benzene rings is 3. The van der Waals surface area contributed by atoms with E-state index in [9.17, 15) is 9.59 Å². The summed E-state index contributed by atoms with van der Waals surface area (Å²) in [6.07, 6.45) is 0. The Morgan fingerprint density at radius 3 is 2.23 bits per heavy atom. The molecule has 0 saturated carbocycles. The first kappa shape index (κ1) is 13.2. The van der Waals surface area contributed by atoms with Gasteiger partial charge in [-0.05, 0) is 33.2 Å². The fraction of sp³-hybridized carbons (Fsp3) is 0.200. The average Bonchev–Trinajstić information content (AvgIpc) is 2.73. The molecule has 3 aromatic rings. The van der Waals surface area contributed by atoms with Crippen LogP contribution < -0.4 is 0 Å². The summed E-state index contributed by atoms with van der Waals surface area (Å²) in [4.78, 5) is 24.4. The van der Waals surface area contributed by atoms with Gasteiger partial charge in [-0.15, -0.1) is 0 Å². The number of hydrogen-bond donors (Lipinski definition) is 0. The van der Waals surface area contributed by atoms with Crippen LogP contribution in [-0.4, -0.2) is 11.6 Å². The maximum atomic E-state index is 12.3. The van der Waals surface area contributed by atoms with Crippen LogP contribution in [-0.2, 0) is 5.41 Å². The van der Waals surface area contributed by atoms with Crippen LogP contribution in [0, 0.1) is 0 Å². The first-order valence-electron chi connectivity index (χ1n) is 7.47. The lowest BCUT2D eigenvalue weighted by molar-refractivity contribution is 0.0825. The minimum atomic E-state index is -0.382. The van der Waals surface area contributed by atoms with E-state index in [1.54, 1.807) is 6.07 Å². The van der Waals surface area contributed by atoms with Crippen LogP contribution in [0.4, 0.5) is 0 Å². The predicted octanol–water partition coefficient (Wildman–Crippen LogP) is 4.67. The van der Waals surface area contributed by atoms with E-state index in [0.29, 0.717) is 11.1 Å². The van der Waals surface area contributed by atoms with Gasteiger partial charge in [0.25, 0.3) is 0 Å². The van der Waals surface area contributed by atoms with Crippen molar-refractivity contribution in [1.29, 1.82) is 0 Å². The number of hydrogen-bond acceptors (Lipinski definition) is 2. The Morgan fingerprint density at radius 1 is 0.773 bits per heavy atom. The smallest absolute Gasteiger partial charge is 0.234 e. The van der Waals surface area contributed by atoms with Crippen LogP contribution in [0.25, 0.3) is 21.5 Å². The summed E-state index contributed by atoms with van der Waals surface area (Å²) >= 11 is 0. The topological polar surface area (TPSA) is 34.1 Å². The van der Waals surface area contributed by atoms with Crippen LogP contribution >= 0.6 is 0 Å². The molecule has 0 heterocycles. The van der Waals surface area contributed by atoms with Gasteiger partial charge in [-0.2, -0.15) is 0 Å². The van der Waals surface area contributed by atoms with Gasteiger partial charge < -0.3 is 0 Å². The summed E-state index contributed by atoms with van der Waals surface area (Å²) in [5.41, 5.74) is 2.36. The SMILES string of the molecule is CC(C)(C)c1ccc2c(c1)cc1c3c(cccc32)C(=O)C1=O. The van der Waals surface area contributed by atoms with Crippen LogP contribution in [0.1, 0.15) is 47.1 Å². The Morgan fingerprint density at radius 2 is 1.50 bits per heavy atom. The molecular formula is C20H16O2. The van der Waals surface area contributed by atoms with E-state index in [1.165, 1.54) is 5.56 Å². The van der Waals surface area contributed by atoms with E-state index in [1.807, 2.05) is 18.2 Å². The van der Waals surface area contributed by atoms with Gasteiger partial charge in [0.05, 0.1) is 0 Å². The van der Waals surface area contributed by atoms with Gasteiger partial charge >= 0.3 is 0 Å². The Kier molecular flexibility index (Phi) is 2.42. The molecule has 3 aromatic carbocycles. The van der Waals surface area contributed by atoms with Crippen molar-refractivity contribution >= 4 is 33.1 Å². The molecule has 0 bridgehead atoms. The molecule has 0 spiro atoms. The van der Waals surface area contributed by atoms with Crippen LogP contribution in [0.5, 0.6) is 0 Å². The highest BCUT2D eigenvalue weighted by molar-refractivity contribution is 6.58. The number of ketones is 2. The molecule has 0 aliphatic heterocycles. The summed E-state index contributed by atoms with van der Waals surface area (Å²) in [5.74, 6) is -0.763. The van der Waals surface area contributed by atoms with E-state index in [2.05, 4.69) is 39.0 Å². The molecule has 1 aliphatic rings. The van der Waals surface area contributed by atoms with E-state index < -0.39 is 0 Å². The van der Waals surface area contributed by atoms with Crippen molar-refractivity contribution in [2.75, 3.05) is 0 Å². The molecule has 0 N–H and O–H groups in total. The second kappa shape index (κ2) is 4.04. The molecule has 0 saturated heterocycles. The molecule has 0 fully saturated rings. The number of fused-ring (bicyclic) bond motifs is 2. The molecule has 22 heavy (non-hydrogen) atoms. The third-order valence-electron chi connectivity index (χ3n) is 4.54. The summed E-state index contributed by atoms with van der Waals surface area (Å²) in [5, 5.41) is 3.92. The van der Waals surface area contributed by atoms with Gasteiger partial charge in [-0.1, -0.05) is 57.2 Å². The van der Waals surface area contributed by atoms with Gasteiger partial charge in [-0.25, -0.2) is 0 Å². The normalized spacial score (nSPS) is 14.3. The Balaban J connectivity index is 2.17. The Bertz CT molecular complexity index is 988. The molecule has 108 valence electrons. The molecule has 2 nitrogen and oxygen atoms in total. The monoisotopic (exact) mass is 288 g/mol. The number of rotatable bonds is 0. The lowest BCUT2D eigenvalue weighted by Gasteiger charge is -2.20. The Hall–Kier alpha value is -2.48. The fourth-order valence-electron chi connectivity index (χ4n) is 3.30. The lowest BCUT2D eigenvalue weighted by atomic mass is 9.85. The van der Waals surface area contributed by atoms with Crippen molar-refractivity contribution in [2.24, 2.45) is 0 Å². The molecule has 0 radical (unpaired) electrons. The lowest BCUT2D eigenvalue weighted by Crippen LogP contribution is -2.10. The second-order valence-corrected chi connectivity index (χ2v) is 7.00. The summed E-state index contributed by atoms with van der Waals surface area (Å²) in [6.45, 7) is 6.50. The van der Waals surface area contributed by atoms with E-state index in [4.69, 9.17) is 0 Å². The standard InChI is InChI=1S/C20H16O2/c1-20(2,3)12-7-8-13-11(9-12)10-16-17-14(13)5-4-6-15(17)18(21)19(16)22/h4-10H,1-3H3. The molecular weight excluding hydrogens is 272 g/mol. The number of Topliss-reactive ketones (excluding diaryl/α,β-unsaturated/α-hetero) is 2. The van der Waals surface area contributed by atoms with Crippen molar-refractivity contribution in [3.05, 3.63) is 59.2 Å². The van der Waals surface area contributed by atoms with Crippen molar-refractivity contribution in [3.8, 4) is 0 Å². The van der Waals surface area contributed by atoms with Gasteiger partial charge in [0.1, 0.15) is 0 Å². The fourth-order valence-corrected chi connectivity index (χ4v) is 3.30. The third-order valence-corrected chi connectivity index (χ3v) is 4.54. The van der Waals surface area contributed by atoms with E-state index >= 15 is 0 Å². The Labute approximate surface area is 128 Å². The zero-order valence-corrected chi connectivity index (χ0v) is 12.9. The second-order valence-electron chi connectivity index (χ2n) is 7.00. The first-order valence-corrected chi connectivity index (χ1v) is 7.47. The van der Waals surface area contributed by atoms with Crippen LogP contribution in [0.2, 0.25) is 0 Å². The van der Waals surface area contributed by atoms with Crippen LogP contribution in [0.15, 0.2) is 42.5 Å². The van der Waals surface area contributed by atoms with Crippen molar-refractivity contribution in [1.82, 2.24) is 0 Å². The minimum Gasteiger partial charge on any atom is -0.285 e. The molecule has 4 rings (SSSR count). The maximum absolute atomic E-state index is 12.3. The number of carbonyl (C=O) groups excluding carboxylic acids is 2. The molecule has 0 unspecified atom stereocenters. The highest BCUT2D eigenvalue weighted by atomic mass is 16.2. The van der Waals surface area contributed by atoms with Crippen LogP contribution in [0.3, 0.4) is 0 Å². The van der Waals surface area contributed by atoms with Gasteiger partial charge in [0.2, 0.25) is 11.6 Å². The zero-order valence-electron chi connectivity index (χ0n) is 12.9.